The van der Waals surface area contributed by atoms with E-state index in [2.05, 4.69) is 17.1 Å². The molecule has 2 nitrogen and oxygen atoms in total. The first kappa shape index (κ1) is 5.31. The molecule has 1 aromatic carbocycles. The first-order valence-corrected chi connectivity index (χ1v) is 3.09. The molecule has 0 aliphatic carbocycles. The Kier molecular flexibility index (Phi) is 0.925. The summed E-state index contributed by atoms with van der Waals surface area (Å²) in [5, 5.41) is 0. The summed E-state index contributed by atoms with van der Waals surface area (Å²) in [6.45, 7) is 0.701. The van der Waals surface area contributed by atoms with E-state index in [0.29, 0.717) is 12.4 Å². The highest BCUT2D eigenvalue weighted by atomic mass is 14.9. The van der Waals surface area contributed by atoms with Crippen molar-refractivity contribution in [2.24, 2.45) is 10.7 Å². The van der Waals surface area contributed by atoms with Gasteiger partial charge in [0.05, 0.1) is 12.1 Å². The fraction of sp³-hybridized carbons (Fsp3) is 0.125. The van der Waals surface area contributed by atoms with Gasteiger partial charge in [0.1, 0.15) is 5.84 Å². The molecular formula is C8H6N2. The van der Waals surface area contributed by atoms with Gasteiger partial charge in [-0.1, -0.05) is 12.1 Å². The average Bonchev–Trinajstić information content (AvgIpc) is 2.34. The van der Waals surface area contributed by atoms with Crippen molar-refractivity contribution in [3.8, 4) is 0 Å². The molecule has 0 spiro atoms. The molecule has 0 bridgehead atoms. The Balaban J connectivity index is 2.61. The normalized spacial score (nSPS) is 13.8. The summed E-state index contributed by atoms with van der Waals surface area (Å²) in [7, 11) is 0. The van der Waals surface area contributed by atoms with Crippen molar-refractivity contribution in [1.82, 2.24) is 0 Å². The third kappa shape index (κ3) is 0.577. The molecule has 10 heavy (non-hydrogen) atoms. The number of amidine groups is 1. The second kappa shape index (κ2) is 1.74. The smallest absolute Gasteiger partial charge is 0.134 e. The summed E-state index contributed by atoms with van der Waals surface area (Å²) < 4.78 is 0. The van der Waals surface area contributed by atoms with E-state index in [-0.39, 0.29) is 0 Å². The van der Waals surface area contributed by atoms with Crippen LogP contribution in [0.15, 0.2) is 17.1 Å². The van der Waals surface area contributed by atoms with Crippen molar-refractivity contribution >= 4 is 5.84 Å². The van der Waals surface area contributed by atoms with Gasteiger partial charge in [-0.25, -0.2) is 0 Å². The molecule has 0 saturated carbocycles. The van der Waals surface area contributed by atoms with E-state index < -0.39 is 0 Å². The van der Waals surface area contributed by atoms with Gasteiger partial charge in [-0.3, -0.25) is 4.99 Å². The number of aliphatic imine (C=N–C) groups is 1. The number of rotatable bonds is 0. The van der Waals surface area contributed by atoms with Crippen LogP contribution in [0.4, 0.5) is 0 Å². The number of fused-ring (bicyclic) bond motifs is 1. The van der Waals surface area contributed by atoms with Crippen LogP contribution in [0.2, 0.25) is 0 Å². The lowest BCUT2D eigenvalue weighted by atomic mass is 10.1. The standard InChI is InChI=1S/C8H6N2/c9-8-7-4-2-1-3-6(7)5-10-8/h1,3H,5H2,(H2,9,10). The minimum atomic E-state index is 0.590. The van der Waals surface area contributed by atoms with Crippen molar-refractivity contribution in [2.45, 2.75) is 6.54 Å². The molecule has 2 N–H and O–H groups in total. The van der Waals surface area contributed by atoms with Gasteiger partial charge in [0.2, 0.25) is 0 Å². The summed E-state index contributed by atoms with van der Waals surface area (Å²) >= 11 is 0. The highest BCUT2D eigenvalue weighted by Gasteiger charge is 2.10. The molecule has 0 saturated heterocycles. The number of hydrogen-bond acceptors (Lipinski definition) is 2. The lowest BCUT2D eigenvalue weighted by molar-refractivity contribution is 1.11. The van der Waals surface area contributed by atoms with Gasteiger partial charge in [0.25, 0.3) is 0 Å². The summed E-state index contributed by atoms with van der Waals surface area (Å²) in [5.41, 5.74) is 7.61. The van der Waals surface area contributed by atoms with E-state index >= 15 is 0 Å². The lowest BCUT2D eigenvalue weighted by Crippen LogP contribution is -2.09. The summed E-state index contributed by atoms with van der Waals surface area (Å²) in [6.07, 6.45) is 0. The number of nitrogens with zero attached hydrogens (tertiary/aromatic N) is 1. The Labute approximate surface area is 59.4 Å². The topological polar surface area (TPSA) is 38.4 Å². The van der Waals surface area contributed by atoms with Crippen LogP contribution in [0.25, 0.3) is 0 Å². The van der Waals surface area contributed by atoms with Gasteiger partial charge in [0, 0.05) is 0 Å². The molecular weight excluding hydrogens is 124 g/mol. The van der Waals surface area contributed by atoms with Crippen molar-refractivity contribution < 1.29 is 0 Å². The predicted molar refractivity (Wildman–Crippen MR) is 38.5 cm³/mol. The van der Waals surface area contributed by atoms with Crippen molar-refractivity contribution in [3.63, 3.8) is 0 Å². The molecule has 2 heteroatoms. The highest BCUT2D eigenvalue weighted by Crippen LogP contribution is 2.12. The maximum atomic E-state index is 5.55. The zero-order valence-corrected chi connectivity index (χ0v) is 5.39. The van der Waals surface area contributed by atoms with E-state index in [4.69, 9.17) is 5.73 Å². The second-order valence-electron chi connectivity index (χ2n) is 2.20. The van der Waals surface area contributed by atoms with Gasteiger partial charge in [0.15, 0.2) is 0 Å². The molecule has 0 atom stereocenters. The van der Waals surface area contributed by atoms with E-state index in [1.807, 2.05) is 12.1 Å². The average molecular weight is 130 g/mol. The molecule has 1 aliphatic heterocycles. The van der Waals surface area contributed by atoms with Crippen LogP contribution in [-0.4, -0.2) is 5.84 Å². The third-order valence-electron chi connectivity index (χ3n) is 1.56. The van der Waals surface area contributed by atoms with E-state index in [1.54, 1.807) is 0 Å². The molecule has 1 heterocycles. The van der Waals surface area contributed by atoms with Crippen LogP contribution in [0.1, 0.15) is 11.1 Å². The molecule has 0 fully saturated rings. The summed E-state index contributed by atoms with van der Waals surface area (Å²) in [5.74, 6) is 0.590. The Bertz CT molecular complexity index is 289. The predicted octanol–water partition coefficient (Wildman–Crippen LogP) is 0.506. The van der Waals surface area contributed by atoms with Gasteiger partial charge in [-0.05, 0) is 17.7 Å². The molecule has 2 rings (SSSR count). The Morgan fingerprint density at radius 2 is 2.50 bits per heavy atom. The van der Waals surface area contributed by atoms with Gasteiger partial charge in [-0.2, -0.15) is 0 Å². The second-order valence-corrected chi connectivity index (χ2v) is 2.20. The molecule has 1 aliphatic rings. The van der Waals surface area contributed by atoms with E-state index in [9.17, 15) is 0 Å². The van der Waals surface area contributed by atoms with Crippen molar-refractivity contribution in [1.29, 1.82) is 0 Å². The van der Waals surface area contributed by atoms with Crippen molar-refractivity contribution in [3.05, 3.63) is 35.4 Å². The van der Waals surface area contributed by atoms with E-state index in [0.717, 1.165) is 11.1 Å². The first-order valence-electron chi connectivity index (χ1n) is 3.09. The third-order valence-corrected chi connectivity index (χ3v) is 1.56. The van der Waals surface area contributed by atoms with Gasteiger partial charge < -0.3 is 5.73 Å². The summed E-state index contributed by atoms with van der Waals surface area (Å²) in [6, 6.07) is 9.55. The quantitative estimate of drug-likeness (QED) is 0.545. The van der Waals surface area contributed by atoms with Gasteiger partial charge >= 0.3 is 0 Å². The highest BCUT2D eigenvalue weighted by molar-refractivity contribution is 6.00. The Morgan fingerprint density at radius 1 is 1.60 bits per heavy atom. The molecule has 0 amide bonds. The molecule has 0 radical (unpaired) electrons. The molecule has 48 valence electrons. The monoisotopic (exact) mass is 130 g/mol. The summed E-state index contributed by atoms with van der Waals surface area (Å²) in [4.78, 5) is 4.05. The Hall–Kier alpha value is -1.49. The fourth-order valence-electron chi connectivity index (χ4n) is 1.03. The zero-order valence-electron chi connectivity index (χ0n) is 5.39. The maximum absolute atomic E-state index is 5.55. The molecule has 0 aromatic heterocycles. The fourth-order valence-corrected chi connectivity index (χ4v) is 1.03. The minimum Gasteiger partial charge on any atom is -0.383 e. The van der Waals surface area contributed by atoms with Crippen LogP contribution in [0, 0.1) is 12.1 Å². The van der Waals surface area contributed by atoms with E-state index in [1.165, 1.54) is 0 Å². The lowest BCUT2D eigenvalue weighted by Gasteiger charge is -1.89. The van der Waals surface area contributed by atoms with Crippen LogP contribution in [-0.2, 0) is 6.54 Å². The van der Waals surface area contributed by atoms with Crippen molar-refractivity contribution in [2.75, 3.05) is 0 Å². The minimum absolute atomic E-state index is 0.590. The molecule has 1 aromatic rings. The van der Waals surface area contributed by atoms with Crippen LogP contribution in [0.5, 0.6) is 0 Å². The van der Waals surface area contributed by atoms with Gasteiger partial charge in [-0.15, -0.1) is 0 Å². The molecule has 0 unspecified atom stereocenters. The maximum Gasteiger partial charge on any atom is 0.134 e. The first-order chi connectivity index (χ1) is 4.88. The SMILES string of the molecule is NC1=NCc2ccc#cc21. The Morgan fingerprint density at radius 3 is 3.30 bits per heavy atom. The van der Waals surface area contributed by atoms with Crippen LogP contribution in [0.3, 0.4) is 0 Å². The van der Waals surface area contributed by atoms with Crippen LogP contribution >= 0.6 is 0 Å². The number of nitrogens with two attached hydrogens (primary N) is 1. The number of hydrogen-bond donors (Lipinski definition) is 1. The largest absolute Gasteiger partial charge is 0.383 e. The zero-order chi connectivity index (χ0) is 6.97. The van der Waals surface area contributed by atoms with Crippen LogP contribution < -0.4 is 5.73 Å².